The lowest BCUT2D eigenvalue weighted by molar-refractivity contribution is 0.0934. The van der Waals surface area contributed by atoms with Crippen LogP contribution in [0.15, 0.2) is 18.3 Å². The van der Waals surface area contributed by atoms with E-state index in [0.717, 1.165) is 5.82 Å². The highest BCUT2D eigenvalue weighted by Crippen LogP contribution is 2.09. The lowest BCUT2D eigenvalue weighted by atomic mass is 10.2. The van der Waals surface area contributed by atoms with Crippen molar-refractivity contribution in [2.45, 2.75) is 19.4 Å². The van der Waals surface area contributed by atoms with E-state index in [1.54, 1.807) is 18.3 Å². The molecule has 0 radical (unpaired) electrons. The van der Waals surface area contributed by atoms with Gasteiger partial charge >= 0.3 is 0 Å². The number of hydrogen-bond acceptors (Lipinski definition) is 4. The molecule has 0 aliphatic rings. The Morgan fingerprint density at radius 1 is 1.59 bits per heavy atom. The average molecular weight is 237 g/mol. The van der Waals surface area contributed by atoms with Crippen LogP contribution in [0.4, 0.5) is 5.82 Å². The van der Waals surface area contributed by atoms with Crippen molar-refractivity contribution >= 4 is 11.7 Å². The van der Waals surface area contributed by atoms with Crippen molar-refractivity contribution in [1.82, 2.24) is 10.3 Å². The van der Waals surface area contributed by atoms with Crippen molar-refractivity contribution in [1.29, 1.82) is 0 Å². The van der Waals surface area contributed by atoms with E-state index in [-0.39, 0.29) is 18.6 Å². The van der Waals surface area contributed by atoms with Gasteiger partial charge in [0.15, 0.2) is 0 Å². The second-order valence-corrected chi connectivity index (χ2v) is 4.18. The van der Waals surface area contributed by atoms with Gasteiger partial charge in [0.2, 0.25) is 0 Å². The summed E-state index contributed by atoms with van der Waals surface area (Å²) in [4.78, 5) is 17.8. The fourth-order valence-corrected chi connectivity index (χ4v) is 1.38. The quantitative estimate of drug-likeness (QED) is 0.789. The van der Waals surface area contributed by atoms with Gasteiger partial charge in [0.25, 0.3) is 5.91 Å². The van der Waals surface area contributed by atoms with Gasteiger partial charge in [-0.3, -0.25) is 4.79 Å². The molecule has 1 aromatic heterocycles. The molecule has 1 aromatic rings. The highest BCUT2D eigenvalue weighted by molar-refractivity contribution is 5.94. The Bertz CT molecular complexity index is 380. The Labute approximate surface area is 101 Å². The molecule has 0 spiro atoms. The second kappa shape index (κ2) is 6.20. The van der Waals surface area contributed by atoms with Crippen LogP contribution in [0.2, 0.25) is 0 Å². The molecule has 94 valence electrons. The number of amides is 1. The smallest absolute Gasteiger partial charge is 0.251 e. The zero-order chi connectivity index (χ0) is 12.8. The molecule has 0 bridgehead atoms. The number of nitrogens with one attached hydrogen (secondary N) is 1. The molecular weight excluding hydrogens is 218 g/mol. The standard InChI is InChI=1S/C12H19N3O2/c1-9(5-7-16)14-12(17)10-4-6-13-11(8-10)15(2)3/h4,6,8-9,16H,5,7H2,1-3H3,(H,14,17). The van der Waals surface area contributed by atoms with Crippen molar-refractivity contribution < 1.29 is 9.90 Å². The molecule has 0 aliphatic heterocycles. The summed E-state index contributed by atoms with van der Waals surface area (Å²) in [5.74, 6) is 0.601. The van der Waals surface area contributed by atoms with Crippen molar-refractivity contribution in [2.24, 2.45) is 0 Å². The van der Waals surface area contributed by atoms with E-state index in [4.69, 9.17) is 5.11 Å². The van der Waals surface area contributed by atoms with E-state index in [1.165, 1.54) is 0 Å². The lowest BCUT2D eigenvalue weighted by Crippen LogP contribution is -2.33. The summed E-state index contributed by atoms with van der Waals surface area (Å²) in [6.45, 7) is 1.93. The summed E-state index contributed by atoms with van der Waals surface area (Å²) < 4.78 is 0. The monoisotopic (exact) mass is 237 g/mol. The highest BCUT2D eigenvalue weighted by Gasteiger charge is 2.10. The Hall–Kier alpha value is -1.62. The van der Waals surface area contributed by atoms with Gasteiger partial charge in [-0.15, -0.1) is 0 Å². The van der Waals surface area contributed by atoms with Crippen LogP contribution in [-0.2, 0) is 0 Å². The number of nitrogens with zero attached hydrogens (tertiary/aromatic N) is 2. The first-order valence-electron chi connectivity index (χ1n) is 5.59. The first kappa shape index (κ1) is 13.4. The van der Waals surface area contributed by atoms with Gasteiger partial charge in [-0.25, -0.2) is 4.98 Å². The predicted octanol–water partition coefficient (Wildman–Crippen LogP) is 0.648. The number of carbonyl (C=O) groups is 1. The second-order valence-electron chi connectivity index (χ2n) is 4.18. The van der Waals surface area contributed by atoms with E-state index in [9.17, 15) is 4.79 Å². The lowest BCUT2D eigenvalue weighted by Gasteiger charge is -2.14. The molecule has 1 heterocycles. The molecule has 0 aliphatic carbocycles. The third-order valence-electron chi connectivity index (χ3n) is 2.41. The molecule has 0 saturated heterocycles. The zero-order valence-electron chi connectivity index (χ0n) is 10.5. The van der Waals surface area contributed by atoms with Crippen LogP contribution in [0.3, 0.4) is 0 Å². The summed E-state index contributed by atoms with van der Waals surface area (Å²) in [5, 5.41) is 11.6. The Morgan fingerprint density at radius 3 is 2.88 bits per heavy atom. The molecule has 1 unspecified atom stereocenters. The number of carbonyl (C=O) groups excluding carboxylic acids is 1. The van der Waals surface area contributed by atoms with E-state index >= 15 is 0 Å². The highest BCUT2D eigenvalue weighted by atomic mass is 16.3. The third kappa shape index (κ3) is 4.03. The van der Waals surface area contributed by atoms with Gasteiger partial charge in [-0.1, -0.05) is 0 Å². The summed E-state index contributed by atoms with van der Waals surface area (Å²) in [6.07, 6.45) is 2.16. The Kier molecular flexibility index (Phi) is 4.90. The first-order chi connectivity index (χ1) is 8.04. The minimum atomic E-state index is -0.142. The number of anilines is 1. The molecule has 5 nitrogen and oxygen atoms in total. The van der Waals surface area contributed by atoms with E-state index in [1.807, 2.05) is 25.9 Å². The molecular formula is C12H19N3O2. The van der Waals surface area contributed by atoms with Crippen molar-refractivity contribution in [2.75, 3.05) is 25.6 Å². The largest absolute Gasteiger partial charge is 0.396 e. The molecule has 1 atom stereocenters. The summed E-state index contributed by atoms with van der Waals surface area (Å²) >= 11 is 0. The number of aliphatic hydroxyl groups is 1. The average Bonchev–Trinajstić information content (AvgIpc) is 2.29. The summed E-state index contributed by atoms with van der Waals surface area (Å²) in [7, 11) is 3.75. The maximum atomic E-state index is 11.9. The number of pyridine rings is 1. The number of aromatic nitrogens is 1. The van der Waals surface area contributed by atoms with E-state index in [0.29, 0.717) is 12.0 Å². The van der Waals surface area contributed by atoms with Gasteiger partial charge in [-0.05, 0) is 25.5 Å². The van der Waals surface area contributed by atoms with Gasteiger partial charge in [0, 0.05) is 38.5 Å². The minimum absolute atomic E-state index is 0.0385. The van der Waals surface area contributed by atoms with Crippen LogP contribution in [-0.4, -0.2) is 42.7 Å². The number of aliphatic hydroxyl groups excluding tert-OH is 1. The Balaban J connectivity index is 2.72. The number of hydrogen-bond donors (Lipinski definition) is 2. The maximum absolute atomic E-state index is 11.9. The van der Waals surface area contributed by atoms with Crippen molar-refractivity contribution in [3.63, 3.8) is 0 Å². The molecule has 1 amide bonds. The summed E-state index contributed by atoms with van der Waals surface area (Å²) in [6, 6.07) is 3.37. The SMILES string of the molecule is CC(CCO)NC(=O)c1ccnc(N(C)C)c1. The van der Waals surface area contributed by atoms with Crippen molar-refractivity contribution in [3.05, 3.63) is 23.9 Å². The molecule has 0 fully saturated rings. The van der Waals surface area contributed by atoms with Gasteiger partial charge in [0.1, 0.15) is 5.82 Å². The van der Waals surface area contributed by atoms with Crippen LogP contribution < -0.4 is 10.2 Å². The van der Waals surface area contributed by atoms with Crippen LogP contribution in [0.1, 0.15) is 23.7 Å². The fraction of sp³-hybridized carbons (Fsp3) is 0.500. The topological polar surface area (TPSA) is 65.5 Å². The first-order valence-corrected chi connectivity index (χ1v) is 5.59. The van der Waals surface area contributed by atoms with Gasteiger partial charge in [0.05, 0.1) is 0 Å². The molecule has 5 heteroatoms. The maximum Gasteiger partial charge on any atom is 0.251 e. The molecule has 17 heavy (non-hydrogen) atoms. The van der Waals surface area contributed by atoms with Crippen molar-refractivity contribution in [3.8, 4) is 0 Å². The minimum Gasteiger partial charge on any atom is -0.396 e. The van der Waals surface area contributed by atoms with E-state index < -0.39 is 0 Å². The van der Waals surface area contributed by atoms with E-state index in [2.05, 4.69) is 10.3 Å². The predicted molar refractivity (Wildman–Crippen MR) is 67.2 cm³/mol. The normalized spacial score (nSPS) is 12.0. The third-order valence-corrected chi connectivity index (χ3v) is 2.41. The number of rotatable bonds is 5. The molecule has 0 aromatic carbocycles. The molecule has 0 saturated carbocycles. The Morgan fingerprint density at radius 2 is 2.29 bits per heavy atom. The molecule has 2 N–H and O–H groups in total. The van der Waals surface area contributed by atoms with Crippen LogP contribution in [0.25, 0.3) is 0 Å². The van der Waals surface area contributed by atoms with Gasteiger partial charge < -0.3 is 15.3 Å². The van der Waals surface area contributed by atoms with Crippen LogP contribution >= 0.6 is 0 Å². The molecule has 1 rings (SSSR count). The summed E-state index contributed by atoms with van der Waals surface area (Å²) in [5.41, 5.74) is 0.577. The van der Waals surface area contributed by atoms with Crippen LogP contribution in [0, 0.1) is 0 Å². The van der Waals surface area contributed by atoms with Gasteiger partial charge in [-0.2, -0.15) is 0 Å². The zero-order valence-corrected chi connectivity index (χ0v) is 10.5. The van der Waals surface area contributed by atoms with Crippen LogP contribution in [0.5, 0.6) is 0 Å². The fourth-order valence-electron chi connectivity index (χ4n) is 1.38.